The maximum atomic E-state index is 11.9. The van der Waals surface area contributed by atoms with Crippen LogP contribution in [-0.4, -0.2) is 30.4 Å². The summed E-state index contributed by atoms with van der Waals surface area (Å²) in [5, 5.41) is 3.88. The number of piperidine rings is 1. The summed E-state index contributed by atoms with van der Waals surface area (Å²) >= 11 is 11.8. The molecule has 1 N–H and O–H groups in total. The van der Waals surface area contributed by atoms with Gasteiger partial charge in [-0.3, -0.25) is 9.69 Å². The summed E-state index contributed by atoms with van der Waals surface area (Å²) in [6.07, 6.45) is 2.33. The highest BCUT2D eigenvalue weighted by molar-refractivity contribution is 6.35. The fourth-order valence-electron chi connectivity index (χ4n) is 2.25. The van der Waals surface area contributed by atoms with Crippen LogP contribution in [0.4, 0.5) is 5.69 Å². The van der Waals surface area contributed by atoms with E-state index in [1.54, 1.807) is 18.2 Å². The summed E-state index contributed by atoms with van der Waals surface area (Å²) in [7, 11) is 0. The number of anilines is 1. The Hall–Kier alpha value is -0.770. The molecule has 0 saturated carbocycles. The van der Waals surface area contributed by atoms with Gasteiger partial charge in [-0.15, -0.1) is 0 Å². The molecule has 19 heavy (non-hydrogen) atoms. The first-order valence-electron chi connectivity index (χ1n) is 6.51. The number of likely N-dealkylation sites (tertiary alicyclic amines) is 1. The Kier molecular flexibility index (Phi) is 5.08. The lowest BCUT2D eigenvalue weighted by atomic mass is 9.99. The summed E-state index contributed by atoms with van der Waals surface area (Å²) in [5.41, 5.74) is 0.646. The Bertz CT molecular complexity index is 437. The van der Waals surface area contributed by atoms with E-state index in [4.69, 9.17) is 23.2 Å². The average Bonchev–Trinajstić information content (AvgIpc) is 2.30. The van der Waals surface area contributed by atoms with Crippen LogP contribution in [0, 0.1) is 5.92 Å². The molecule has 1 aromatic rings. The second-order valence-electron chi connectivity index (χ2n) is 5.16. The Morgan fingerprint density at radius 3 is 2.42 bits per heavy atom. The SMILES string of the molecule is CC1CCN(CC(=O)Nc2cc(Cl)cc(Cl)c2)CC1. The maximum Gasteiger partial charge on any atom is 0.238 e. The van der Waals surface area contributed by atoms with Crippen molar-refractivity contribution in [2.75, 3.05) is 25.0 Å². The van der Waals surface area contributed by atoms with E-state index in [-0.39, 0.29) is 5.91 Å². The molecule has 5 heteroatoms. The van der Waals surface area contributed by atoms with Crippen molar-refractivity contribution >= 4 is 34.8 Å². The van der Waals surface area contributed by atoms with E-state index in [0.29, 0.717) is 22.3 Å². The van der Waals surface area contributed by atoms with Crippen molar-refractivity contribution in [1.82, 2.24) is 4.90 Å². The third-order valence-corrected chi connectivity index (χ3v) is 3.83. The zero-order chi connectivity index (χ0) is 13.8. The fourth-order valence-corrected chi connectivity index (χ4v) is 2.78. The van der Waals surface area contributed by atoms with Crippen molar-refractivity contribution in [2.45, 2.75) is 19.8 Å². The predicted octanol–water partition coefficient (Wildman–Crippen LogP) is 3.66. The number of nitrogens with one attached hydrogen (secondary N) is 1. The molecule has 0 aromatic heterocycles. The van der Waals surface area contributed by atoms with Gasteiger partial charge in [0.15, 0.2) is 0 Å². The summed E-state index contributed by atoms with van der Waals surface area (Å²) in [4.78, 5) is 14.1. The van der Waals surface area contributed by atoms with Crippen LogP contribution >= 0.6 is 23.2 Å². The van der Waals surface area contributed by atoms with E-state index >= 15 is 0 Å². The van der Waals surface area contributed by atoms with Crippen LogP contribution in [0.3, 0.4) is 0 Å². The zero-order valence-electron chi connectivity index (χ0n) is 11.0. The van der Waals surface area contributed by atoms with Gasteiger partial charge in [0.1, 0.15) is 0 Å². The lowest BCUT2D eigenvalue weighted by Gasteiger charge is -2.29. The Balaban J connectivity index is 1.87. The maximum absolute atomic E-state index is 11.9. The van der Waals surface area contributed by atoms with Crippen molar-refractivity contribution in [3.8, 4) is 0 Å². The van der Waals surface area contributed by atoms with Crippen molar-refractivity contribution in [3.05, 3.63) is 28.2 Å². The smallest absolute Gasteiger partial charge is 0.238 e. The monoisotopic (exact) mass is 300 g/mol. The molecule has 104 valence electrons. The number of nitrogens with zero attached hydrogens (tertiary/aromatic N) is 1. The molecule has 1 aromatic carbocycles. The van der Waals surface area contributed by atoms with Crippen molar-refractivity contribution in [3.63, 3.8) is 0 Å². The van der Waals surface area contributed by atoms with Gasteiger partial charge in [-0.05, 0) is 50.0 Å². The number of halogens is 2. The molecule has 0 atom stereocenters. The van der Waals surface area contributed by atoms with Crippen LogP contribution in [0.25, 0.3) is 0 Å². The van der Waals surface area contributed by atoms with Crippen LogP contribution in [0.5, 0.6) is 0 Å². The molecule has 0 radical (unpaired) electrons. The Morgan fingerprint density at radius 2 is 1.84 bits per heavy atom. The number of hydrogen-bond donors (Lipinski definition) is 1. The molecule has 3 nitrogen and oxygen atoms in total. The minimum absolute atomic E-state index is 0.0205. The number of amides is 1. The van der Waals surface area contributed by atoms with E-state index in [1.165, 1.54) is 0 Å². The van der Waals surface area contributed by atoms with E-state index in [2.05, 4.69) is 17.1 Å². The van der Waals surface area contributed by atoms with Gasteiger partial charge in [0.2, 0.25) is 5.91 Å². The van der Waals surface area contributed by atoms with Crippen LogP contribution in [0.1, 0.15) is 19.8 Å². The molecule has 0 aliphatic carbocycles. The number of benzene rings is 1. The minimum Gasteiger partial charge on any atom is -0.325 e. The quantitative estimate of drug-likeness (QED) is 0.924. The first-order chi connectivity index (χ1) is 9.02. The third-order valence-electron chi connectivity index (χ3n) is 3.39. The summed E-state index contributed by atoms with van der Waals surface area (Å²) in [6, 6.07) is 5.04. The topological polar surface area (TPSA) is 32.3 Å². The molecule has 0 bridgehead atoms. The zero-order valence-corrected chi connectivity index (χ0v) is 12.5. The first-order valence-corrected chi connectivity index (χ1v) is 7.27. The standard InChI is InChI=1S/C14H18Cl2N2O/c1-10-2-4-18(5-3-10)9-14(19)17-13-7-11(15)6-12(16)8-13/h6-8,10H,2-5,9H2,1H3,(H,17,19). The van der Waals surface area contributed by atoms with Gasteiger partial charge < -0.3 is 5.32 Å². The van der Waals surface area contributed by atoms with Crippen molar-refractivity contribution < 1.29 is 4.79 Å². The fraction of sp³-hybridized carbons (Fsp3) is 0.500. The highest BCUT2D eigenvalue weighted by atomic mass is 35.5. The lowest BCUT2D eigenvalue weighted by Crippen LogP contribution is -2.38. The van der Waals surface area contributed by atoms with E-state index in [0.717, 1.165) is 31.8 Å². The molecule has 1 fully saturated rings. The highest BCUT2D eigenvalue weighted by Crippen LogP contribution is 2.22. The lowest BCUT2D eigenvalue weighted by molar-refractivity contribution is -0.117. The minimum atomic E-state index is -0.0205. The van der Waals surface area contributed by atoms with E-state index in [9.17, 15) is 4.79 Å². The van der Waals surface area contributed by atoms with Gasteiger partial charge in [-0.25, -0.2) is 0 Å². The van der Waals surface area contributed by atoms with Gasteiger partial charge in [-0.1, -0.05) is 30.1 Å². The number of rotatable bonds is 3. The highest BCUT2D eigenvalue weighted by Gasteiger charge is 2.17. The van der Waals surface area contributed by atoms with Crippen molar-refractivity contribution in [1.29, 1.82) is 0 Å². The van der Waals surface area contributed by atoms with E-state index in [1.807, 2.05) is 0 Å². The Labute approximate surface area is 123 Å². The number of carbonyl (C=O) groups excluding carboxylic acids is 1. The molecule has 0 spiro atoms. The normalized spacial score (nSPS) is 17.4. The van der Waals surface area contributed by atoms with Gasteiger partial charge in [0, 0.05) is 15.7 Å². The Morgan fingerprint density at radius 1 is 1.26 bits per heavy atom. The first kappa shape index (κ1) is 14.6. The number of hydrogen-bond acceptors (Lipinski definition) is 2. The molecule has 1 aliphatic rings. The summed E-state index contributed by atoms with van der Waals surface area (Å²) in [5.74, 6) is 0.749. The second-order valence-corrected chi connectivity index (χ2v) is 6.04. The molecule has 1 amide bonds. The van der Waals surface area contributed by atoms with Crippen LogP contribution in [-0.2, 0) is 4.79 Å². The molecule has 0 unspecified atom stereocenters. The van der Waals surface area contributed by atoms with Crippen molar-refractivity contribution in [2.24, 2.45) is 5.92 Å². The van der Waals surface area contributed by atoms with E-state index < -0.39 is 0 Å². The summed E-state index contributed by atoms with van der Waals surface area (Å²) < 4.78 is 0. The van der Waals surface area contributed by atoms with Crippen LogP contribution < -0.4 is 5.32 Å². The van der Waals surface area contributed by atoms with Gasteiger partial charge in [0.25, 0.3) is 0 Å². The van der Waals surface area contributed by atoms with Gasteiger partial charge in [0.05, 0.1) is 6.54 Å². The van der Waals surface area contributed by atoms with Gasteiger partial charge >= 0.3 is 0 Å². The van der Waals surface area contributed by atoms with Crippen LogP contribution in [0.15, 0.2) is 18.2 Å². The molecular formula is C14H18Cl2N2O. The summed E-state index contributed by atoms with van der Waals surface area (Å²) in [6.45, 7) is 4.66. The molecule has 1 aliphatic heterocycles. The predicted molar refractivity (Wildman–Crippen MR) is 79.9 cm³/mol. The third kappa shape index (κ3) is 4.68. The molecule has 2 rings (SSSR count). The average molecular weight is 301 g/mol. The molecule has 1 saturated heterocycles. The second kappa shape index (κ2) is 6.60. The number of carbonyl (C=O) groups is 1. The molecule has 1 heterocycles. The van der Waals surface area contributed by atoms with Gasteiger partial charge in [-0.2, -0.15) is 0 Å². The molecular weight excluding hydrogens is 283 g/mol. The van der Waals surface area contributed by atoms with Crippen LogP contribution in [0.2, 0.25) is 10.0 Å². The largest absolute Gasteiger partial charge is 0.325 e.